The number of nitrogens with one attached hydrogen (secondary N) is 1. The first-order chi connectivity index (χ1) is 18.6. The topological polar surface area (TPSA) is 81.9 Å². The monoisotopic (exact) mass is 505 g/mol. The van der Waals surface area contributed by atoms with Crippen LogP contribution in [0.5, 0.6) is 0 Å². The van der Waals surface area contributed by atoms with Crippen LogP contribution in [0.15, 0.2) is 60.8 Å². The van der Waals surface area contributed by atoms with Gasteiger partial charge in [-0.2, -0.15) is 0 Å². The van der Waals surface area contributed by atoms with Gasteiger partial charge in [0.25, 0.3) is 5.91 Å². The summed E-state index contributed by atoms with van der Waals surface area (Å²) in [5.74, 6) is 1.71. The zero-order chi connectivity index (χ0) is 25.6. The maximum absolute atomic E-state index is 12.8. The zero-order valence-electron chi connectivity index (χ0n) is 21.6. The van der Waals surface area contributed by atoms with Crippen molar-refractivity contribution in [3.05, 3.63) is 77.9 Å². The second-order valence-electron chi connectivity index (χ2n) is 10.7. The summed E-state index contributed by atoms with van der Waals surface area (Å²) >= 11 is 0. The van der Waals surface area contributed by atoms with Crippen LogP contribution in [0.3, 0.4) is 0 Å². The number of hydrogen-bond acceptors (Lipinski definition) is 5. The molecule has 0 radical (unpaired) electrons. The molecule has 5 heterocycles. The minimum atomic E-state index is -0.0367. The fraction of sp³-hybridized carbons (Fsp3) is 0.355. The molecule has 1 N–H and O–H groups in total. The molecule has 1 unspecified atom stereocenters. The van der Waals surface area contributed by atoms with Crippen LogP contribution in [0.25, 0.3) is 33.9 Å². The van der Waals surface area contributed by atoms with E-state index in [-0.39, 0.29) is 11.9 Å². The van der Waals surface area contributed by atoms with Gasteiger partial charge in [0.15, 0.2) is 0 Å². The molecule has 1 saturated heterocycles. The number of benzene rings is 1. The molecule has 4 aromatic rings. The summed E-state index contributed by atoms with van der Waals surface area (Å²) in [6.45, 7) is 3.43. The van der Waals surface area contributed by atoms with Crippen molar-refractivity contribution in [1.29, 1.82) is 0 Å². The van der Waals surface area contributed by atoms with Crippen molar-refractivity contribution in [3.63, 3.8) is 0 Å². The number of fused-ring (bicyclic) bond motifs is 5. The van der Waals surface area contributed by atoms with Crippen molar-refractivity contribution in [3.8, 4) is 33.9 Å². The normalized spacial score (nSPS) is 20.4. The second kappa shape index (κ2) is 9.48. The highest BCUT2D eigenvalue weighted by atomic mass is 16.5. The first-order valence-electron chi connectivity index (χ1n) is 13.7. The minimum absolute atomic E-state index is 0.0367. The maximum atomic E-state index is 12.8. The molecular weight excluding hydrogens is 474 g/mol. The number of amides is 1. The molecule has 2 fully saturated rings. The largest absolute Gasteiger partial charge is 0.381 e. The molecule has 2 atom stereocenters. The van der Waals surface area contributed by atoms with Gasteiger partial charge in [-0.3, -0.25) is 14.8 Å². The Morgan fingerprint density at radius 3 is 2.61 bits per heavy atom. The molecule has 7 nitrogen and oxygen atoms in total. The number of carbonyl (C=O) groups excluding carboxylic acids is 1. The molecule has 2 aliphatic heterocycles. The Bertz CT molecular complexity index is 1500. The van der Waals surface area contributed by atoms with Gasteiger partial charge in [-0.15, -0.1) is 0 Å². The third kappa shape index (κ3) is 4.11. The Labute approximate surface area is 222 Å². The first-order valence-corrected chi connectivity index (χ1v) is 13.7. The minimum Gasteiger partial charge on any atom is -0.381 e. The van der Waals surface area contributed by atoms with Gasteiger partial charge in [-0.1, -0.05) is 18.2 Å². The predicted octanol–water partition coefficient (Wildman–Crippen LogP) is 5.71. The van der Waals surface area contributed by atoms with Crippen molar-refractivity contribution in [2.24, 2.45) is 0 Å². The average Bonchev–Trinajstić information content (AvgIpc) is 3.67. The van der Waals surface area contributed by atoms with E-state index in [0.29, 0.717) is 30.7 Å². The molecule has 2 bridgehead atoms. The summed E-state index contributed by atoms with van der Waals surface area (Å²) in [5, 5.41) is 3.13. The number of pyridine rings is 2. The Kier molecular flexibility index (Phi) is 5.81. The predicted molar refractivity (Wildman–Crippen MR) is 146 cm³/mol. The molecular formula is C31H31N5O2. The summed E-state index contributed by atoms with van der Waals surface area (Å²) < 4.78 is 7.87. The molecule has 1 saturated carbocycles. The molecule has 1 amide bonds. The van der Waals surface area contributed by atoms with Gasteiger partial charge in [0.1, 0.15) is 11.5 Å². The SMILES string of the molecule is Cc1cccc(-c2nc3n(c2-c2ccnc(-c4ccc(C(=O)NC5CCOCC5)cc4)c2)[C@@H]2CCC3C2)n1. The van der Waals surface area contributed by atoms with Gasteiger partial charge >= 0.3 is 0 Å². The van der Waals surface area contributed by atoms with E-state index in [4.69, 9.17) is 14.7 Å². The van der Waals surface area contributed by atoms with Crippen LogP contribution in [0, 0.1) is 6.92 Å². The Balaban J connectivity index is 1.22. The quantitative estimate of drug-likeness (QED) is 0.376. The summed E-state index contributed by atoms with van der Waals surface area (Å²) in [4.78, 5) is 27.4. The number of aryl methyl sites for hydroxylation is 1. The summed E-state index contributed by atoms with van der Waals surface area (Å²) in [6.07, 6.45) is 7.21. The van der Waals surface area contributed by atoms with Gasteiger partial charge in [0.05, 0.1) is 17.1 Å². The Morgan fingerprint density at radius 2 is 1.79 bits per heavy atom. The van der Waals surface area contributed by atoms with Gasteiger partial charge in [-0.25, -0.2) is 4.98 Å². The van der Waals surface area contributed by atoms with Crippen LogP contribution in [0.1, 0.15) is 65.9 Å². The summed E-state index contributed by atoms with van der Waals surface area (Å²) in [6, 6.07) is 18.8. The lowest BCUT2D eigenvalue weighted by Gasteiger charge is -2.23. The summed E-state index contributed by atoms with van der Waals surface area (Å²) in [5.41, 5.74) is 7.61. The van der Waals surface area contributed by atoms with Gasteiger partial charge in [-0.05, 0) is 75.4 Å². The highest BCUT2D eigenvalue weighted by Crippen LogP contribution is 2.52. The smallest absolute Gasteiger partial charge is 0.251 e. The van der Waals surface area contributed by atoms with E-state index >= 15 is 0 Å². The third-order valence-corrected chi connectivity index (χ3v) is 8.24. The van der Waals surface area contributed by atoms with Crippen LogP contribution < -0.4 is 5.32 Å². The maximum Gasteiger partial charge on any atom is 0.251 e. The fourth-order valence-corrected chi connectivity index (χ4v) is 6.30. The van der Waals surface area contributed by atoms with E-state index in [9.17, 15) is 4.79 Å². The Morgan fingerprint density at radius 1 is 0.947 bits per heavy atom. The highest BCUT2D eigenvalue weighted by molar-refractivity contribution is 5.95. The molecule has 1 aliphatic carbocycles. The van der Waals surface area contributed by atoms with E-state index in [2.05, 4.69) is 39.1 Å². The number of imidazole rings is 1. The second-order valence-corrected chi connectivity index (χ2v) is 10.7. The van der Waals surface area contributed by atoms with Crippen LogP contribution in [-0.2, 0) is 4.74 Å². The number of ether oxygens (including phenoxy) is 1. The van der Waals surface area contributed by atoms with Crippen LogP contribution >= 0.6 is 0 Å². The molecule has 192 valence electrons. The number of carbonyl (C=O) groups is 1. The Hall–Kier alpha value is -3.84. The van der Waals surface area contributed by atoms with Crippen LogP contribution in [0.4, 0.5) is 0 Å². The number of hydrogen-bond donors (Lipinski definition) is 1. The zero-order valence-corrected chi connectivity index (χ0v) is 21.6. The van der Waals surface area contributed by atoms with Gasteiger partial charge in [0, 0.05) is 59.8 Å². The number of rotatable bonds is 5. The van der Waals surface area contributed by atoms with Gasteiger partial charge < -0.3 is 14.6 Å². The lowest BCUT2D eigenvalue weighted by molar-refractivity contribution is 0.0696. The molecule has 38 heavy (non-hydrogen) atoms. The number of aromatic nitrogens is 4. The summed E-state index contributed by atoms with van der Waals surface area (Å²) in [7, 11) is 0. The average molecular weight is 506 g/mol. The van der Waals surface area contributed by atoms with Crippen LogP contribution in [-0.4, -0.2) is 44.7 Å². The molecule has 7 heteroatoms. The van der Waals surface area contributed by atoms with E-state index < -0.39 is 0 Å². The fourth-order valence-electron chi connectivity index (χ4n) is 6.30. The number of nitrogens with zero attached hydrogens (tertiary/aromatic N) is 4. The molecule has 3 aliphatic rings. The van der Waals surface area contributed by atoms with Crippen molar-refractivity contribution >= 4 is 5.91 Å². The van der Waals surface area contributed by atoms with Crippen molar-refractivity contribution in [1.82, 2.24) is 24.8 Å². The van der Waals surface area contributed by atoms with Crippen molar-refractivity contribution < 1.29 is 9.53 Å². The van der Waals surface area contributed by atoms with Gasteiger partial charge in [0.2, 0.25) is 0 Å². The van der Waals surface area contributed by atoms with Crippen LogP contribution in [0.2, 0.25) is 0 Å². The van der Waals surface area contributed by atoms with Crippen molar-refractivity contribution in [2.75, 3.05) is 13.2 Å². The standard InChI is InChI=1S/C31H31N5O2/c1-19-3-2-4-26(33-19)28-29(36-25-10-9-23(17-25)30(36)35-28)22-11-14-32-27(18-22)20-5-7-21(8-6-20)31(37)34-24-12-15-38-16-13-24/h2-8,11,14,18,23-25H,9-10,12-13,15-17H2,1H3,(H,34,37)/t23?,25-/m1/s1. The van der Waals surface area contributed by atoms with E-state index in [1.807, 2.05) is 43.5 Å². The van der Waals surface area contributed by atoms with E-state index in [1.165, 1.54) is 25.1 Å². The first kappa shape index (κ1) is 23.3. The third-order valence-electron chi connectivity index (χ3n) is 8.24. The molecule has 0 spiro atoms. The highest BCUT2D eigenvalue weighted by Gasteiger charge is 2.41. The lowest BCUT2D eigenvalue weighted by Crippen LogP contribution is -2.38. The lowest BCUT2D eigenvalue weighted by atomic mass is 10.0. The molecule has 1 aromatic carbocycles. The van der Waals surface area contributed by atoms with E-state index in [0.717, 1.165) is 52.4 Å². The van der Waals surface area contributed by atoms with Crippen molar-refractivity contribution in [2.45, 2.75) is 57.0 Å². The molecule has 7 rings (SSSR count). The van der Waals surface area contributed by atoms with E-state index in [1.54, 1.807) is 0 Å². The molecule has 3 aromatic heterocycles.